The van der Waals surface area contributed by atoms with Crippen LogP contribution in [0.5, 0.6) is 5.75 Å². The van der Waals surface area contributed by atoms with Crippen LogP contribution in [0.25, 0.3) is 0 Å². The Morgan fingerprint density at radius 1 is 1.32 bits per heavy atom. The van der Waals surface area contributed by atoms with Crippen LogP contribution in [0, 0.1) is 0 Å². The Morgan fingerprint density at radius 2 is 2.08 bits per heavy atom. The van der Waals surface area contributed by atoms with E-state index in [1.165, 1.54) is 0 Å². The van der Waals surface area contributed by atoms with Crippen molar-refractivity contribution in [3.05, 3.63) is 23.2 Å². The minimum atomic E-state index is 0. The summed E-state index contributed by atoms with van der Waals surface area (Å²) in [4.78, 5) is 14.7. The SMILES string of the molecule is COc1ccc(Cl)cc1NCCC(=O)N1C2CCNCC1CC2.Cl.Cl. The number of carbonyl (C=O) groups is 1. The largest absolute Gasteiger partial charge is 0.495 e. The predicted molar refractivity (Wildman–Crippen MR) is 107 cm³/mol. The van der Waals surface area contributed by atoms with Gasteiger partial charge in [-0.3, -0.25) is 4.79 Å². The molecular weight excluding hydrogens is 385 g/mol. The number of hydrogen-bond donors (Lipinski definition) is 2. The number of rotatable bonds is 5. The van der Waals surface area contributed by atoms with Crippen molar-refractivity contribution in [3.8, 4) is 5.75 Å². The second-order valence-corrected chi connectivity index (χ2v) is 6.64. The summed E-state index contributed by atoms with van der Waals surface area (Å²) in [6, 6.07) is 6.23. The molecule has 0 saturated carbocycles. The number of fused-ring (bicyclic) bond motifs is 2. The van der Waals surface area contributed by atoms with Crippen molar-refractivity contribution < 1.29 is 9.53 Å². The molecule has 142 valence electrons. The monoisotopic (exact) mass is 409 g/mol. The molecule has 2 heterocycles. The molecule has 1 amide bonds. The van der Waals surface area contributed by atoms with Crippen molar-refractivity contribution in [1.29, 1.82) is 0 Å². The predicted octanol–water partition coefficient (Wildman–Crippen LogP) is 3.35. The van der Waals surface area contributed by atoms with Gasteiger partial charge in [0.2, 0.25) is 5.91 Å². The standard InChI is InChI=1S/C17H24ClN3O2.2ClH/c1-23-16-5-2-12(18)10-15(16)20-9-7-17(22)21-13-3-4-14(21)11-19-8-6-13;;/h2,5,10,13-14,19-20H,3-4,6-9,11H2,1H3;2*1H. The molecule has 2 N–H and O–H groups in total. The maximum absolute atomic E-state index is 12.6. The van der Waals surface area contributed by atoms with Crippen molar-refractivity contribution >= 4 is 48.0 Å². The molecule has 0 radical (unpaired) electrons. The van der Waals surface area contributed by atoms with Gasteiger partial charge in [0, 0.05) is 36.6 Å². The Bertz CT molecular complexity index is 560. The van der Waals surface area contributed by atoms with Gasteiger partial charge in [0.05, 0.1) is 12.8 Å². The molecule has 2 atom stereocenters. The van der Waals surface area contributed by atoms with Gasteiger partial charge in [-0.25, -0.2) is 0 Å². The van der Waals surface area contributed by atoms with E-state index in [1.54, 1.807) is 13.2 Å². The Morgan fingerprint density at radius 3 is 2.84 bits per heavy atom. The van der Waals surface area contributed by atoms with Crippen LogP contribution in [0.4, 0.5) is 5.69 Å². The van der Waals surface area contributed by atoms with E-state index in [0.29, 0.717) is 30.1 Å². The summed E-state index contributed by atoms with van der Waals surface area (Å²) in [5, 5.41) is 7.34. The molecule has 25 heavy (non-hydrogen) atoms. The van der Waals surface area contributed by atoms with Gasteiger partial charge in [-0.05, 0) is 44.0 Å². The van der Waals surface area contributed by atoms with E-state index in [-0.39, 0.29) is 30.7 Å². The molecule has 0 aliphatic carbocycles. The Hall–Kier alpha value is -0.880. The summed E-state index contributed by atoms with van der Waals surface area (Å²) in [7, 11) is 1.63. The van der Waals surface area contributed by atoms with Crippen LogP contribution in [0.3, 0.4) is 0 Å². The Labute approximate surface area is 166 Å². The van der Waals surface area contributed by atoms with Gasteiger partial charge in [0.25, 0.3) is 0 Å². The van der Waals surface area contributed by atoms with E-state index in [0.717, 1.165) is 43.8 Å². The van der Waals surface area contributed by atoms with E-state index >= 15 is 0 Å². The van der Waals surface area contributed by atoms with E-state index in [2.05, 4.69) is 15.5 Å². The second-order valence-electron chi connectivity index (χ2n) is 6.20. The Kier molecular flexibility index (Phi) is 9.14. The number of carbonyl (C=O) groups excluding carboxylic acids is 1. The first kappa shape index (κ1) is 22.2. The van der Waals surface area contributed by atoms with Crippen molar-refractivity contribution in [2.24, 2.45) is 0 Å². The zero-order chi connectivity index (χ0) is 16.2. The number of anilines is 1. The van der Waals surface area contributed by atoms with E-state index in [9.17, 15) is 4.79 Å². The number of nitrogens with one attached hydrogen (secondary N) is 2. The van der Waals surface area contributed by atoms with Crippen LogP contribution >= 0.6 is 36.4 Å². The average Bonchev–Trinajstić information content (AvgIpc) is 2.80. The Balaban J connectivity index is 0.00000156. The van der Waals surface area contributed by atoms with Crippen molar-refractivity contribution in [3.63, 3.8) is 0 Å². The minimum Gasteiger partial charge on any atom is -0.495 e. The number of ether oxygens (including phenoxy) is 1. The quantitative estimate of drug-likeness (QED) is 0.781. The van der Waals surface area contributed by atoms with Crippen LogP contribution < -0.4 is 15.4 Å². The first-order valence-electron chi connectivity index (χ1n) is 8.28. The molecule has 2 bridgehead atoms. The third kappa shape index (κ3) is 5.30. The van der Waals surface area contributed by atoms with Gasteiger partial charge in [0.15, 0.2) is 0 Å². The number of methoxy groups -OCH3 is 1. The molecule has 3 rings (SSSR count). The second kappa shape index (κ2) is 10.3. The van der Waals surface area contributed by atoms with E-state index < -0.39 is 0 Å². The molecule has 1 aromatic carbocycles. The number of halogens is 3. The lowest BCUT2D eigenvalue weighted by atomic mass is 10.1. The fraction of sp³-hybridized carbons (Fsp3) is 0.588. The zero-order valence-corrected chi connectivity index (χ0v) is 16.7. The summed E-state index contributed by atoms with van der Waals surface area (Å²) < 4.78 is 5.31. The number of benzene rings is 1. The number of nitrogens with zero attached hydrogens (tertiary/aromatic N) is 1. The lowest BCUT2D eigenvalue weighted by molar-refractivity contribution is -0.133. The maximum atomic E-state index is 12.6. The summed E-state index contributed by atoms with van der Waals surface area (Å²) in [5.41, 5.74) is 0.827. The third-order valence-electron chi connectivity index (χ3n) is 4.76. The van der Waals surface area contributed by atoms with E-state index in [4.69, 9.17) is 16.3 Å². The molecule has 2 aliphatic rings. The first-order chi connectivity index (χ1) is 11.2. The van der Waals surface area contributed by atoms with Crippen molar-refractivity contribution in [2.45, 2.75) is 37.8 Å². The van der Waals surface area contributed by atoms with Crippen LogP contribution in [0.15, 0.2) is 18.2 Å². The molecule has 1 aromatic rings. The summed E-state index contributed by atoms with van der Waals surface area (Å²) >= 11 is 6.02. The average molecular weight is 411 g/mol. The lowest BCUT2D eigenvalue weighted by Gasteiger charge is -2.28. The van der Waals surface area contributed by atoms with Gasteiger partial charge in [0.1, 0.15) is 5.75 Å². The molecule has 5 nitrogen and oxygen atoms in total. The fourth-order valence-electron chi connectivity index (χ4n) is 3.64. The highest BCUT2D eigenvalue weighted by molar-refractivity contribution is 6.30. The highest BCUT2D eigenvalue weighted by Gasteiger charge is 2.37. The van der Waals surface area contributed by atoms with Gasteiger partial charge < -0.3 is 20.3 Å². The maximum Gasteiger partial charge on any atom is 0.224 e. The first-order valence-corrected chi connectivity index (χ1v) is 8.66. The number of amides is 1. The van der Waals surface area contributed by atoms with Gasteiger partial charge >= 0.3 is 0 Å². The summed E-state index contributed by atoms with van der Waals surface area (Å²) in [6.45, 7) is 2.53. The smallest absolute Gasteiger partial charge is 0.224 e. The normalized spacial score (nSPS) is 21.6. The third-order valence-corrected chi connectivity index (χ3v) is 4.99. The van der Waals surface area contributed by atoms with E-state index in [1.807, 2.05) is 12.1 Å². The minimum absolute atomic E-state index is 0. The van der Waals surface area contributed by atoms with Gasteiger partial charge in [-0.15, -0.1) is 24.8 Å². The van der Waals surface area contributed by atoms with Crippen LogP contribution in [0.2, 0.25) is 5.02 Å². The van der Waals surface area contributed by atoms with Crippen LogP contribution in [-0.2, 0) is 4.79 Å². The van der Waals surface area contributed by atoms with Crippen molar-refractivity contribution in [1.82, 2.24) is 10.2 Å². The van der Waals surface area contributed by atoms with Crippen LogP contribution in [0.1, 0.15) is 25.7 Å². The summed E-state index contributed by atoms with van der Waals surface area (Å²) in [5.74, 6) is 0.982. The number of hydrogen-bond acceptors (Lipinski definition) is 4. The molecular formula is C17H26Cl3N3O2. The molecule has 2 fully saturated rings. The molecule has 2 saturated heterocycles. The van der Waals surface area contributed by atoms with Crippen molar-refractivity contribution in [2.75, 3.05) is 32.1 Å². The fourth-order valence-corrected chi connectivity index (χ4v) is 3.81. The highest BCUT2D eigenvalue weighted by Crippen LogP contribution is 2.29. The van der Waals surface area contributed by atoms with Gasteiger partial charge in [-0.2, -0.15) is 0 Å². The van der Waals surface area contributed by atoms with Gasteiger partial charge in [-0.1, -0.05) is 11.6 Å². The molecule has 0 spiro atoms. The molecule has 2 unspecified atom stereocenters. The summed E-state index contributed by atoms with van der Waals surface area (Å²) in [6.07, 6.45) is 3.83. The lowest BCUT2D eigenvalue weighted by Crippen LogP contribution is -2.43. The zero-order valence-electron chi connectivity index (χ0n) is 14.3. The van der Waals surface area contributed by atoms with Crippen LogP contribution in [-0.4, -0.2) is 49.6 Å². The topological polar surface area (TPSA) is 53.6 Å². The molecule has 2 aliphatic heterocycles. The molecule has 8 heteroatoms. The molecule has 0 aromatic heterocycles. The highest BCUT2D eigenvalue weighted by atomic mass is 35.5.